The molecule has 0 amide bonds. The van der Waals surface area contributed by atoms with Crippen molar-refractivity contribution in [2.24, 2.45) is 5.73 Å². The number of hydrogen-bond acceptors (Lipinski definition) is 2. The maximum absolute atomic E-state index is 12.6. The quantitative estimate of drug-likeness (QED) is 0.896. The number of hydrogen-bond donors (Lipinski definition) is 2. The number of benzene rings is 1. The Kier molecular flexibility index (Phi) is 4.37. The van der Waals surface area contributed by atoms with Crippen LogP contribution in [0.15, 0.2) is 22.7 Å². The lowest BCUT2D eigenvalue weighted by atomic mass is 10.0. The fourth-order valence-electron chi connectivity index (χ4n) is 1.29. The van der Waals surface area contributed by atoms with Crippen LogP contribution in [0.2, 0.25) is 0 Å². The van der Waals surface area contributed by atoms with Gasteiger partial charge in [0, 0.05) is 10.0 Å². The molecular weight excluding hydrogens is 284 g/mol. The molecule has 0 saturated heterocycles. The highest BCUT2D eigenvalue weighted by atomic mass is 79.9. The summed E-state index contributed by atoms with van der Waals surface area (Å²) < 4.78 is 25.8. The largest absolute Gasteiger partial charge is 0.480 e. The molecule has 1 unspecified atom stereocenters. The van der Waals surface area contributed by atoms with E-state index in [0.29, 0.717) is 4.47 Å². The summed E-state index contributed by atoms with van der Waals surface area (Å²) in [7, 11) is 0. The summed E-state index contributed by atoms with van der Waals surface area (Å²) in [5, 5.41) is 8.62. The van der Waals surface area contributed by atoms with E-state index >= 15 is 0 Å². The van der Waals surface area contributed by atoms with Crippen LogP contribution in [0.25, 0.3) is 0 Å². The van der Waals surface area contributed by atoms with Crippen LogP contribution in [0.1, 0.15) is 17.6 Å². The number of alkyl halides is 2. The van der Waals surface area contributed by atoms with Gasteiger partial charge in [-0.2, -0.15) is 0 Å². The van der Waals surface area contributed by atoms with Gasteiger partial charge >= 0.3 is 5.97 Å². The third-order valence-corrected chi connectivity index (χ3v) is 2.59. The number of nitrogens with two attached hydrogens (primary N) is 1. The molecule has 0 aliphatic rings. The molecule has 1 aromatic carbocycles. The van der Waals surface area contributed by atoms with Crippen LogP contribution in [0.3, 0.4) is 0 Å². The van der Waals surface area contributed by atoms with Crippen LogP contribution in [-0.2, 0) is 11.2 Å². The van der Waals surface area contributed by atoms with Gasteiger partial charge in [0.2, 0.25) is 0 Å². The van der Waals surface area contributed by atoms with Crippen molar-refractivity contribution in [3.63, 3.8) is 0 Å². The molecule has 0 bridgehead atoms. The summed E-state index contributed by atoms with van der Waals surface area (Å²) in [6.07, 6.45) is -2.75. The molecule has 1 aromatic rings. The topological polar surface area (TPSA) is 63.3 Å². The lowest BCUT2D eigenvalue weighted by Gasteiger charge is -2.11. The molecule has 0 saturated carbocycles. The molecule has 0 spiro atoms. The van der Waals surface area contributed by atoms with Crippen molar-refractivity contribution >= 4 is 21.9 Å². The molecule has 0 aliphatic heterocycles. The first-order chi connectivity index (χ1) is 7.41. The van der Waals surface area contributed by atoms with Gasteiger partial charge in [-0.05, 0) is 24.1 Å². The van der Waals surface area contributed by atoms with Gasteiger partial charge in [0.1, 0.15) is 6.04 Å². The van der Waals surface area contributed by atoms with Gasteiger partial charge in [-0.3, -0.25) is 4.79 Å². The number of carboxylic acid groups (broad SMARTS) is 1. The maximum atomic E-state index is 12.6. The smallest absolute Gasteiger partial charge is 0.320 e. The van der Waals surface area contributed by atoms with Gasteiger partial charge in [0.05, 0.1) is 0 Å². The third-order valence-electron chi connectivity index (χ3n) is 2.10. The van der Waals surface area contributed by atoms with Gasteiger partial charge in [-0.25, -0.2) is 8.78 Å². The number of halogens is 3. The lowest BCUT2D eigenvalue weighted by Crippen LogP contribution is -2.32. The number of carboxylic acids is 1. The predicted molar refractivity (Wildman–Crippen MR) is 58.4 cm³/mol. The summed E-state index contributed by atoms with van der Waals surface area (Å²) in [5.74, 6) is -1.21. The maximum Gasteiger partial charge on any atom is 0.320 e. The van der Waals surface area contributed by atoms with E-state index in [-0.39, 0.29) is 17.5 Å². The van der Waals surface area contributed by atoms with Crippen LogP contribution in [0.5, 0.6) is 0 Å². The molecule has 88 valence electrons. The molecule has 0 radical (unpaired) electrons. The van der Waals surface area contributed by atoms with E-state index in [2.05, 4.69) is 15.9 Å². The lowest BCUT2D eigenvalue weighted by molar-refractivity contribution is -0.138. The second-order valence-corrected chi connectivity index (χ2v) is 4.21. The van der Waals surface area contributed by atoms with Crippen molar-refractivity contribution < 1.29 is 18.7 Å². The zero-order valence-electron chi connectivity index (χ0n) is 8.16. The number of aliphatic carboxylic acids is 1. The van der Waals surface area contributed by atoms with Crippen LogP contribution in [-0.4, -0.2) is 17.1 Å². The van der Waals surface area contributed by atoms with E-state index < -0.39 is 18.4 Å². The Hall–Kier alpha value is -1.01. The summed E-state index contributed by atoms with van der Waals surface area (Å²) in [5.41, 5.74) is 5.38. The SMILES string of the molecule is NC(Cc1cc(Br)ccc1C(F)F)C(=O)O. The van der Waals surface area contributed by atoms with Gasteiger partial charge < -0.3 is 10.8 Å². The summed E-state index contributed by atoms with van der Waals surface area (Å²) in [6.45, 7) is 0. The molecule has 0 aliphatic carbocycles. The summed E-state index contributed by atoms with van der Waals surface area (Å²) >= 11 is 3.14. The zero-order chi connectivity index (χ0) is 12.3. The Balaban J connectivity index is 3.01. The van der Waals surface area contributed by atoms with E-state index in [0.717, 1.165) is 0 Å². The fourth-order valence-corrected chi connectivity index (χ4v) is 1.70. The molecule has 3 N–H and O–H groups in total. The molecule has 1 atom stereocenters. The normalized spacial score (nSPS) is 12.8. The number of rotatable bonds is 4. The fraction of sp³-hybridized carbons (Fsp3) is 0.300. The first-order valence-corrected chi connectivity index (χ1v) is 5.26. The highest BCUT2D eigenvalue weighted by Gasteiger charge is 2.18. The molecule has 0 fully saturated rings. The summed E-state index contributed by atoms with van der Waals surface area (Å²) in [4.78, 5) is 10.5. The Labute approximate surface area is 99.4 Å². The zero-order valence-corrected chi connectivity index (χ0v) is 9.75. The van der Waals surface area contributed by atoms with E-state index in [1.54, 1.807) is 0 Å². The molecular formula is C10H10BrF2NO2. The Morgan fingerprint density at radius 2 is 2.12 bits per heavy atom. The highest BCUT2D eigenvalue weighted by Crippen LogP contribution is 2.26. The third kappa shape index (κ3) is 3.24. The molecule has 0 aromatic heterocycles. The molecule has 16 heavy (non-hydrogen) atoms. The van der Waals surface area contributed by atoms with E-state index in [9.17, 15) is 13.6 Å². The van der Waals surface area contributed by atoms with Crippen LogP contribution in [0, 0.1) is 0 Å². The highest BCUT2D eigenvalue weighted by molar-refractivity contribution is 9.10. The molecule has 6 heteroatoms. The van der Waals surface area contributed by atoms with Crippen molar-refractivity contribution in [2.75, 3.05) is 0 Å². The van der Waals surface area contributed by atoms with Crippen molar-refractivity contribution in [3.8, 4) is 0 Å². The Bertz CT molecular complexity index is 398. The average Bonchev–Trinajstić information content (AvgIpc) is 2.16. The minimum absolute atomic E-state index is 0.117. The second kappa shape index (κ2) is 5.36. The van der Waals surface area contributed by atoms with Crippen LogP contribution in [0.4, 0.5) is 8.78 Å². The summed E-state index contributed by atoms with van der Waals surface area (Å²) in [6, 6.07) is 3.03. The van der Waals surface area contributed by atoms with Crippen molar-refractivity contribution in [3.05, 3.63) is 33.8 Å². The monoisotopic (exact) mass is 293 g/mol. The van der Waals surface area contributed by atoms with Crippen LogP contribution < -0.4 is 5.73 Å². The van der Waals surface area contributed by atoms with Gasteiger partial charge in [-0.15, -0.1) is 0 Å². The van der Waals surface area contributed by atoms with Gasteiger partial charge in [-0.1, -0.05) is 22.0 Å². The van der Waals surface area contributed by atoms with Crippen molar-refractivity contribution in [1.82, 2.24) is 0 Å². The Morgan fingerprint density at radius 1 is 1.50 bits per heavy atom. The van der Waals surface area contributed by atoms with Gasteiger partial charge in [0.15, 0.2) is 0 Å². The molecule has 1 rings (SSSR count). The minimum atomic E-state index is -2.64. The van der Waals surface area contributed by atoms with E-state index in [1.165, 1.54) is 18.2 Å². The molecule has 0 heterocycles. The van der Waals surface area contributed by atoms with Crippen molar-refractivity contribution in [1.29, 1.82) is 0 Å². The minimum Gasteiger partial charge on any atom is -0.480 e. The van der Waals surface area contributed by atoms with E-state index in [1.807, 2.05) is 0 Å². The first kappa shape index (κ1) is 13.1. The van der Waals surface area contributed by atoms with Gasteiger partial charge in [0.25, 0.3) is 6.43 Å². The number of carbonyl (C=O) groups is 1. The van der Waals surface area contributed by atoms with E-state index in [4.69, 9.17) is 10.8 Å². The predicted octanol–water partition coefficient (Wildman–Crippen LogP) is 2.34. The van der Waals surface area contributed by atoms with Crippen LogP contribution >= 0.6 is 15.9 Å². The Morgan fingerprint density at radius 3 is 2.62 bits per heavy atom. The first-order valence-electron chi connectivity index (χ1n) is 4.46. The standard InChI is InChI=1S/C10H10BrF2NO2/c11-6-1-2-7(9(12)13)5(3-6)4-8(14)10(15)16/h1-3,8-9H,4,14H2,(H,15,16). The molecule has 3 nitrogen and oxygen atoms in total. The second-order valence-electron chi connectivity index (χ2n) is 3.29. The van der Waals surface area contributed by atoms with Crippen molar-refractivity contribution in [2.45, 2.75) is 18.9 Å². The average molecular weight is 294 g/mol.